The predicted molar refractivity (Wildman–Crippen MR) is 175 cm³/mol. The lowest BCUT2D eigenvalue weighted by molar-refractivity contribution is -0.123. The summed E-state index contributed by atoms with van der Waals surface area (Å²) in [7, 11) is 0. The first kappa shape index (κ1) is 32.0. The average Bonchev–Trinajstić information content (AvgIpc) is 3.77. The van der Waals surface area contributed by atoms with Crippen LogP contribution in [0.3, 0.4) is 0 Å². The Hall–Kier alpha value is -5.92. The summed E-state index contributed by atoms with van der Waals surface area (Å²) in [6.45, 7) is 5.02. The van der Waals surface area contributed by atoms with Crippen LogP contribution in [0.1, 0.15) is 52.0 Å². The Morgan fingerprint density at radius 2 is 1.77 bits per heavy atom. The molecule has 5 aromatic rings. The van der Waals surface area contributed by atoms with E-state index in [0.29, 0.717) is 41.6 Å². The first-order valence-corrected chi connectivity index (χ1v) is 15.7. The maximum atomic E-state index is 13.8. The van der Waals surface area contributed by atoms with E-state index in [0.717, 1.165) is 11.1 Å². The van der Waals surface area contributed by atoms with Crippen LogP contribution in [0.25, 0.3) is 11.4 Å². The van der Waals surface area contributed by atoms with Gasteiger partial charge in [0.1, 0.15) is 18.7 Å². The number of nitrogens with zero attached hydrogens (tertiary/aromatic N) is 8. The SMILES string of the molecule is CC(C)[C@@H]1NC(=O)CN(C(=O)c2ccc(Cn3cnnn3)cc2)CCNC(=O)c2cccc(c2)OCCn2nc(-c3ccccc3)nc21. The molecule has 48 heavy (non-hydrogen) atoms. The van der Waals surface area contributed by atoms with E-state index in [1.807, 2.05) is 56.3 Å². The second-order valence-corrected chi connectivity index (χ2v) is 11.7. The Kier molecular flexibility index (Phi) is 9.79. The smallest absolute Gasteiger partial charge is 0.254 e. The maximum Gasteiger partial charge on any atom is 0.254 e. The lowest BCUT2D eigenvalue weighted by atomic mass is 10.0. The molecule has 246 valence electrons. The van der Waals surface area contributed by atoms with Crippen LogP contribution in [0.2, 0.25) is 0 Å². The third-order valence-electron chi connectivity index (χ3n) is 7.89. The van der Waals surface area contributed by atoms with Crippen LogP contribution in [0, 0.1) is 5.92 Å². The van der Waals surface area contributed by atoms with Crippen molar-refractivity contribution in [2.45, 2.75) is 33.0 Å². The normalized spacial score (nSPS) is 16.0. The molecule has 0 unspecified atom stereocenters. The molecule has 1 aliphatic rings. The van der Waals surface area contributed by atoms with Crippen LogP contribution < -0.4 is 15.4 Å². The number of aromatic nitrogens is 7. The number of tetrazole rings is 1. The summed E-state index contributed by atoms with van der Waals surface area (Å²) in [5, 5.41) is 21.9. The minimum absolute atomic E-state index is 0.0589. The van der Waals surface area contributed by atoms with Crippen molar-refractivity contribution in [3.8, 4) is 17.1 Å². The molecule has 0 saturated heterocycles. The molecule has 1 aliphatic heterocycles. The van der Waals surface area contributed by atoms with Gasteiger partial charge in [-0.2, -0.15) is 5.10 Å². The molecule has 2 N–H and O–H groups in total. The molecule has 3 amide bonds. The van der Waals surface area contributed by atoms with Crippen molar-refractivity contribution in [1.82, 2.24) is 50.5 Å². The molecule has 14 heteroatoms. The molecular formula is C34H36N10O4. The van der Waals surface area contributed by atoms with Gasteiger partial charge in [0.05, 0.1) is 25.7 Å². The number of nitrogens with one attached hydrogen (secondary N) is 2. The van der Waals surface area contributed by atoms with Crippen LogP contribution in [0.4, 0.5) is 0 Å². The van der Waals surface area contributed by atoms with Gasteiger partial charge in [-0.05, 0) is 52.2 Å². The molecule has 1 atom stereocenters. The third kappa shape index (κ3) is 7.71. The van der Waals surface area contributed by atoms with Crippen LogP contribution in [0.5, 0.6) is 5.75 Å². The molecule has 2 bridgehead atoms. The first-order valence-electron chi connectivity index (χ1n) is 15.7. The van der Waals surface area contributed by atoms with Gasteiger partial charge < -0.3 is 20.3 Å². The van der Waals surface area contributed by atoms with Gasteiger partial charge in [0.25, 0.3) is 11.8 Å². The van der Waals surface area contributed by atoms with Gasteiger partial charge in [0.2, 0.25) is 5.91 Å². The van der Waals surface area contributed by atoms with E-state index in [9.17, 15) is 14.4 Å². The van der Waals surface area contributed by atoms with Gasteiger partial charge in [-0.25, -0.2) is 14.3 Å². The number of fused-ring (bicyclic) bond motifs is 3. The van der Waals surface area contributed by atoms with Crippen molar-refractivity contribution in [2.24, 2.45) is 5.92 Å². The quantitative estimate of drug-likeness (QED) is 0.292. The topological polar surface area (TPSA) is 162 Å². The van der Waals surface area contributed by atoms with Crippen molar-refractivity contribution in [3.63, 3.8) is 0 Å². The van der Waals surface area contributed by atoms with Gasteiger partial charge in [0.15, 0.2) is 11.6 Å². The number of hydrogen-bond donors (Lipinski definition) is 2. The molecule has 6 rings (SSSR count). The summed E-state index contributed by atoms with van der Waals surface area (Å²) < 4.78 is 9.35. The van der Waals surface area contributed by atoms with Gasteiger partial charge in [0, 0.05) is 29.8 Å². The van der Waals surface area contributed by atoms with E-state index >= 15 is 0 Å². The van der Waals surface area contributed by atoms with Crippen molar-refractivity contribution in [3.05, 3.63) is 108 Å². The summed E-state index contributed by atoms with van der Waals surface area (Å²) in [6, 6.07) is 23.1. The molecule has 3 heterocycles. The zero-order valence-electron chi connectivity index (χ0n) is 26.7. The summed E-state index contributed by atoms with van der Waals surface area (Å²) in [6.07, 6.45) is 1.51. The Morgan fingerprint density at radius 1 is 0.979 bits per heavy atom. The van der Waals surface area contributed by atoms with Crippen molar-refractivity contribution in [1.29, 1.82) is 0 Å². The van der Waals surface area contributed by atoms with Crippen molar-refractivity contribution in [2.75, 3.05) is 26.2 Å². The van der Waals surface area contributed by atoms with Crippen LogP contribution in [0.15, 0.2) is 85.2 Å². The second kappa shape index (κ2) is 14.7. The van der Waals surface area contributed by atoms with E-state index in [2.05, 4.69) is 26.2 Å². The number of hydrogen-bond acceptors (Lipinski definition) is 9. The highest BCUT2D eigenvalue weighted by Gasteiger charge is 2.28. The monoisotopic (exact) mass is 648 g/mol. The Balaban J connectivity index is 1.30. The maximum absolute atomic E-state index is 13.8. The highest BCUT2D eigenvalue weighted by atomic mass is 16.5. The van der Waals surface area contributed by atoms with E-state index < -0.39 is 6.04 Å². The average molecular weight is 649 g/mol. The second-order valence-electron chi connectivity index (χ2n) is 11.7. The molecular weight excluding hydrogens is 612 g/mol. The Morgan fingerprint density at radius 3 is 2.52 bits per heavy atom. The van der Waals surface area contributed by atoms with Crippen LogP contribution in [-0.4, -0.2) is 83.8 Å². The standard InChI is InChI=1S/C34H36N10O4/c1-23(2)30-32-38-31(25-7-4-3-5-8-25)39-44(32)17-18-48-28-10-6-9-27(19-28)33(46)35-15-16-42(21-29(45)37-30)34(47)26-13-11-24(12-14-26)20-43-22-36-40-41-43/h3-14,19,22-23,30H,15-18,20-21H2,1-2H3,(H,35,46)(H,37,45)/t30-/m0/s1. The molecule has 3 aromatic carbocycles. The molecule has 2 aromatic heterocycles. The van der Waals surface area contributed by atoms with Gasteiger partial charge >= 0.3 is 0 Å². The van der Waals surface area contributed by atoms with Crippen molar-refractivity contribution < 1.29 is 19.1 Å². The number of amides is 3. The molecule has 0 aliphatic carbocycles. The summed E-state index contributed by atoms with van der Waals surface area (Å²) >= 11 is 0. The number of rotatable bonds is 5. The fourth-order valence-electron chi connectivity index (χ4n) is 5.39. The lowest BCUT2D eigenvalue weighted by Crippen LogP contribution is -2.46. The highest BCUT2D eigenvalue weighted by molar-refractivity contribution is 5.97. The number of benzene rings is 3. The largest absolute Gasteiger partial charge is 0.492 e. The molecule has 0 spiro atoms. The zero-order chi connectivity index (χ0) is 33.5. The lowest BCUT2D eigenvalue weighted by Gasteiger charge is -2.26. The fourth-order valence-corrected chi connectivity index (χ4v) is 5.39. The summed E-state index contributed by atoms with van der Waals surface area (Å²) in [5.74, 6) is 0.538. The number of carbonyl (C=O) groups is 3. The number of ether oxygens (including phenoxy) is 1. The van der Waals surface area contributed by atoms with E-state index in [-0.39, 0.29) is 49.9 Å². The zero-order valence-corrected chi connectivity index (χ0v) is 26.7. The van der Waals surface area contributed by atoms with Gasteiger partial charge in [-0.1, -0.05) is 62.4 Å². The van der Waals surface area contributed by atoms with Gasteiger partial charge in [-0.3, -0.25) is 14.4 Å². The Labute approximate surface area is 277 Å². The van der Waals surface area contributed by atoms with E-state index in [1.54, 1.807) is 45.8 Å². The molecule has 0 radical (unpaired) electrons. The molecule has 0 fully saturated rings. The third-order valence-corrected chi connectivity index (χ3v) is 7.89. The van der Waals surface area contributed by atoms with Crippen LogP contribution in [-0.2, 0) is 17.9 Å². The fraction of sp³-hybridized carbons (Fsp3) is 0.294. The minimum Gasteiger partial charge on any atom is -0.492 e. The summed E-state index contributed by atoms with van der Waals surface area (Å²) in [5.41, 5.74) is 2.56. The number of carbonyl (C=O) groups excluding carboxylic acids is 3. The van der Waals surface area contributed by atoms with Crippen LogP contribution >= 0.6 is 0 Å². The summed E-state index contributed by atoms with van der Waals surface area (Å²) in [4.78, 5) is 46.9. The van der Waals surface area contributed by atoms with E-state index in [1.165, 1.54) is 11.2 Å². The highest BCUT2D eigenvalue weighted by Crippen LogP contribution is 2.24. The molecule has 0 saturated carbocycles. The molecule has 14 nitrogen and oxygen atoms in total. The van der Waals surface area contributed by atoms with E-state index in [4.69, 9.17) is 14.8 Å². The first-order chi connectivity index (χ1) is 23.3. The van der Waals surface area contributed by atoms with Crippen molar-refractivity contribution >= 4 is 17.7 Å². The minimum atomic E-state index is -0.510. The predicted octanol–water partition coefficient (Wildman–Crippen LogP) is 2.76. The Bertz CT molecular complexity index is 1860. The van der Waals surface area contributed by atoms with Gasteiger partial charge in [-0.15, -0.1) is 5.10 Å².